The van der Waals surface area contributed by atoms with E-state index in [1.54, 1.807) is 19.2 Å². The molecule has 0 spiro atoms. The number of fused-ring (bicyclic) bond motifs is 1. The van der Waals surface area contributed by atoms with Crippen LogP contribution >= 0.6 is 0 Å². The Bertz CT molecular complexity index is 1230. The molecule has 3 aromatic carbocycles. The predicted octanol–water partition coefficient (Wildman–Crippen LogP) is 7.80. The molecule has 0 saturated carbocycles. The van der Waals surface area contributed by atoms with Crippen molar-refractivity contribution in [1.82, 2.24) is 0 Å². The summed E-state index contributed by atoms with van der Waals surface area (Å²) in [5.41, 5.74) is 7.06. The molecule has 1 N–H and O–H groups in total. The predicted molar refractivity (Wildman–Crippen MR) is 153 cm³/mol. The molecule has 37 heavy (non-hydrogen) atoms. The topological polar surface area (TPSA) is 41.9 Å². The van der Waals surface area contributed by atoms with Crippen LogP contribution in [0.1, 0.15) is 62.6 Å². The second-order valence-electron chi connectivity index (χ2n) is 10.7. The molecule has 0 amide bonds. The minimum Gasteiger partial charge on any atom is -0.508 e. The molecule has 4 heteroatoms. The van der Waals surface area contributed by atoms with E-state index in [-0.39, 0.29) is 5.75 Å². The lowest BCUT2D eigenvalue weighted by molar-refractivity contribution is 0.316. The number of rotatable bonds is 5. The largest absolute Gasteiger partial charge is 0.508 e. The fraction of sp³-hybridized carbons (Fsp3) is 0.394. The Labute approximate surface area is 221 Å². The summed E-state index contributed by atoms with van der Waals surface area (Å²) in [7, 11) is 1.68. The summed E-state index contributed by atoms with van der Waals surface area (Å²) in [6.07, 6.45) is 5.99. The van der Waals surface area contributed by atoms with Crippen molar-refractivity contribution in [2.75, 3.05) is 31.7 Å². The molecular weight excluding hydrogens is 458 g/mol. The molecule has 1 saturated heterocycles. The Morgan fingerprint density at radius 2 is 1.65 bits per heavy atom. The van der Waals surface area contributed by atoms with Crippen molar-refractivity contribution in [2.24, 2.45) is 11.8 Å². The first-order valence-corrected chi connectivity index (χ1v) is 13.7. The van der Waals surface area contributed by atoms with Gasteiger partial charge in [0, 0.05) is 36.8 Å². The molecule has 1 unspecified atom stereocenters. The van der Waals surface area contributed by atoms with Gasteiger partial charge in [0.15, 0.2) is 0 Å². The van der Waals surface area contributed by atoms with Gasteiger partial charge in [-0.3, -0.25) is 0 Å². The van der Waals surface area contributed by atoms with Crippen LogP contribution in [0, 0.1) is 11.8 Å². The second-order valence-corrected chi connectivity index (χ2v) is 10.7. The van der Waals surface area contributed by atoms with Crippen LogP contribution < -0.4 is 14.4 Å². The third kappa shape index (κ3) is 5.64. The number of aromatic hydroxyl groups is 1. The summed E-state index contributed by atoms with van der Waals surface area (Å²) in [5.74, 6) is 3.48. The number of methoxy groups -OCH3 is 1. The van der Waals surface area contributed by atoms with Crippen molar-refractivity contribution in [3.63, 3.8) is 0 Å². The Balaban J connectivity index is 1.53. The van der Waals surface area contributed by atoms with E-state index in [4.69, 9.17) is 9.47 Å². The smallest absolute Gasteiger partial charge is 0.130 e. The lowest BCUT2D eigenvalue weighted by atomic mass is 9.86. The average molecular weight is 498 g/mol. The maximum atomic E-state index is 9.89. The van der Waals surface area contributed by atoms with Crippen LogP contribution in [0.15, 0.2) is 66.7 Å². The molecule has 0 aliphatic carbocycles. The first-order chi connectivity index (χ1) is 18.0. The minimum atomic E-state index is 0.276. The quantitative estimate of drug-likeness (QED) is 0.391. The van der Waals surface area contributed by atoms with Crippen molar-refractivity contribution in [3.8, 4) is 17.2 Å². The van der Waals surface area contributed by atoms with Gasteiger partial charge in [-0.15, -0.1) is 0 Å². The van der Waals surface area contributed by atoms with Crippen molar-refractivity contribution in [1.29, 1.82) is 0 Å². The number of ether oxygens (including phenoxy) is 2. The van der Waals surface area contributed by atoms with E-state index in [0.717, 1.165) is 54.0 Å². The van der Waals surface area contributed by atoms with Crippen LogP contribution in [0.2, 0.25) is 0 Å². The van der Waals surface area contributed by atoms with Crippen LogP contribution in [0.4, 0.5) is 5.69 Å². The van der Waals surface area contributed by atoms with Gasteiger partial charge in [-0.2, -0.15) is 0 Å². The van der Waals surface area contributed by atoms with E-state index in [1.807, 2.05) is 24.3 Å². The van der Waals surface area contributed by atoms with E-state index in [2.05, 4.69) is 49.1 Å². The zero-order chi connectivity index (χ0) is 25.8. The molecule has 4 nitrogen and oxygen atoms in total. The Hall–Kier alpha value is -3.40. The summed E-state index contributed by atoms with van der Waals surface area (Å²) < 4.78 is 11.7. The third-order valence-corrected chi connectivity index (χ3v) is 8.07. The number of nitrogens with zero attached hydrogens (tertiary/aromatic N) is 1. The molecule has 2 aliphatic heterocycles. The van der Waals surface area contributed by atoms with Gasteiger partial charge in [0.05, 0.1) is 13.7 Å². The third-order valence-electron chi connectivity index (χ3n) is 8.07. The average Bonchev–Trinajstić information content (AvgIpc) is 3.08. The number of benzene rings is 3. The van der Waals surface area contributed by atoms with Gasteiger partial charge in [0.25, 0.3) is 0 Å². The Kier molecular flexibility index (Phi) is 7.73. The number of hydrogen-bond acceptors (Lipinski definition) is 4. The van der Waals surface area contributed by atoms with Gasteiger partial charge in [-0.1, -0.05) is 51.0 Å². The van der Waals surface area contributed by atoms with E-state index in [0.29, 0.717) is 6.61 Å². The molecule has 3 aromatic rings. The maximum absolute atomic E-state index is 9.89. The zero-order valence-corrected chi connectivity index (χ0v) is 22.4. The van der Waals surface area contributed by atoms with Gasteiger partial charge in [-0.05, 0) is 83.3 Å². The molecule has 0 aromatic heterocycles. The summed E-state index contributed by atoms with van der Waals surface area (Å²) in [6.45, 7) is 7.58. The lowest BCUT2D eigenvalue weighted by Gasteiger charge is -2.32. The van der Waals surface area contributed by atoms with Crippen LogP contribution in [0.25, 0.3) is 11.1 Å². The van der Waals surface area contributed by atoms with Crippen molar-refractivity contribution >= 4 is 16.8 Å². The normalized spacial score (nSPS) is 18.5. The molecule has 2 heterocycles. The van der Waals surface area contributed by atoms with E-state index in [1.165, 1.54) is 48.1 Å². The van der Waals surface area contributed by atoms with E-state index >= 15 is 0 Å². The number of phenols is 1. The SMILES string of the molecule is COc1ccc2c(c1)OCCC(c1ccc(O)cc1)=C2c1ccc(N2CCCCC(C(C)C)CC2)cc1. The molecule has 1 atom stereocenters. The fourth-order valence-electron chi connectivity index (χ4n) is 5.84. The van der Waals surface area contributed by atoms with Crippen molar-refractivity contribution in [2.45, 2.75) is 46.0 Å². The molecular formula is C33H39NO3. The van der Waals surface area contributed by atoms with Crippen LogP contribution in [0.3, 0.4) is 0 Å². The van der Waals surface area contributed by atoms with Crippen molar-refractivity contribution in [3.05, 3.63) is 83.4 Å². The summed E-state index contributed by atoms with van der Waals surface area (Å²) in [4.78, 5) is 2.57. The summed E-state index contributed by atoms with van der Waals surface area (Å²) in [5, 5.41) is 9.89. The number of phenolic OH excluding ortho intramolecular Hbond substituents is 1. The Morgan fingerprint density at radius 3 is 2.38 bits per heavy atom. The van der Waals surface area contributed by atoms with Gasteiger partial charge in [-0.25, -0.2) is 0 Å². The van der Waals surface area contributed by atoms with E-state index in [9.17, 15) is 5.11 Å². The molecule has 0 radical (unpaired) electrons. The van der Waals surface area contributed by atoms with Crippen LogP contribution in [-0.4, -0.2) is 31.9 Å². The lowest BCUT2D eigenvalue weighted by Crippen LogP contribution is -2.30. The number of hydrogen-bond donors (Lipinski definition) is 1. The van der Waals surface area contributed by atoms with Gasteiger partial charge < -0.3 is 19.5 Å². The molecule has 0 bridgehead atoms. The Morgan fingerprint density at radius 1 is 0.892 bits per heavy atom. The van der Waals surface area contributed by atoms with Gasteiger partial charge >= 0.3 is 0 Å². The van der Waals surface area contributed by atoms with E-state index < -0.39 is 0 Å². The highest BCUT2D eigenvalue weighted by Crippen LogP contribution is 2.43. The molecule has 194 valence electrons. The summed E-state index contributed by atoms with van der Waals surface area (Å²) in [6, 6.07) is 22.7. The number of anilines is 1. The van der Waals surface area contributed by atoms with Gasteiger partial charge in [0.2, 0.25) is 0 Å². The van der Waals surface area contributed by atoms with Crippen LogP contribution in [0.5, 0.6) is 17.2 Å². The highest BCUT2D eigenvalue weighted by Gasteiger charge is 2.23. The van der Waals surface area contributed by atoms with Crippen molar-refractivity contribution < 1.29 is 14.6 Å². The maximum Gasteiger partial charge on any atom is 0.130 e. The molecule has 2 aliphatic rings. The second kappa shape index (κ2) is 11.3. The van der Waals surface area contributed by atoms with Crippen LogP contribution in [-0.2, 0) is 0 Å². The monoisotopic (exact) mass is 497 g/mol. The highest BCUT2D eigenvalue weighted by atomic mass is 16.5. The minimum absolute atomic E-state index is 0.276. The standard InChI is InChI=1S/C33H39NO3/c1-23(2)24-6-4-5-19-34(20-17-24)27-11-7-26(8-12-27)33-30(25-9-13-28(35)14-10-25)18-21-37-32-22-29(36-3)15-16-31(32)33/h7-16,22-24,35H,4-6,17-21H2,1-3H3. The first-order valence-electron chi connectivity index (χ1n) is 13.7. The first kappa shape index (κ1) is 25.3. The summed E-state index contributed by atoms with van der Waals surface area (Å²) >= 11 is 0. The highest BCUT2D eigenvalue weighted by molar-refractivity contribution is 6.00. The fourth-order valence-corrected chi connectivity index (χ4v) is 5.84. The molecule has 1 fully saturated rings. The molecule has 5 rings (SSSR count). The van der Waals surface area contributed by atoms with Gasteiger partial charge in [0.1, 0.15) is 17.2 Å². The zero-order valence-electron chi connectivity index (χ0n) is 22.4.